The summed E-state index contributed by atoms with van der Waals surface area (Å²) in [6.07, 6.45) is 5.81. The van der Waals surface area contributed by atoms with Gasteiger partial charge in [-0.05, 0) is 60.5 Å². The van der Waals surface area contributed by atoms with Gasteiger partial charge >= 0.3 is 0 Å². The maximum atomic E-state index is 10.4. The number of aryl methyl sites for hydroxylation is 1. The molecule has 0 bridgehead atoms. The van der Waals surface area contributed by atoms with Gasteiger partial charge in [0.2, 0.25) is 0 Å². The lowest BCUT2D eigenvalue weighted by atomic mass is 9.79. The summed E-state index contributed by atoms with van der Waals surface area (Å²) < 4.78 is 0. The molecular weight excluding hydrogens is 220 g/mol. The van der Waals surface area contributed by atoms with Crippen LogP contribution in [0.5, 0.6) is 0 Å². The van der Waals surface area contributed by atoms with Crippen molar-refractivity contribution in [1.82, 2.24) is 0 Å². The molecule has 18 heavy (non-hydrogen) atoms. The quantitative estimate of drug-likeness (QED) is 0.855. The summed E-state index contributed by atoms with van der Waals surface area (Å²) in [4.78, 5) is 0. The first-order valence-electron chi connectivity index (χ1n) is 7.34. The van der Waals surface area contributed by atoms with Crippen molar-refractivity contribution in [3.05, 3.63) is 35.4 Å². The summed E-state index contributed by atoms with van der Waals surface area (Å²) in [6.45, 7) is 4.55. The smallest absolute Gasteiger partial charge is 0.0579 e. The molecule has 3 unspecified atom stereocenters. The Kier molecular flexibility index (Phi) is 2.97. The van der Waals surface area contributed by atoms with Crippen molar-refractivity contribution < 1.29 is 5.11 Å². The van der Waals surface area contributed by atoms with Crippen LogP contribution in [0.4, 0.5) is 0 Å². The van der Waals surface area contributed by atoms with Gasteiger partial charge in [-0.1, -0.05) is 38.1 Å². The predicted octanol–water partition coefficient (Wildman–Crippen LogP) is 3.90. The molecule has 1 N–H and O–H groups in total. The molecule has 0 aliphatic heterocycles. The third kappa shape index (κ3) is 2.21. The molecule has 98 valence electrons. The lowest BCUT2D eigenvalue weighted by molar-refractivity contribution is 0.116. The van der Waals surface area contributed by atoms with Crippen molar-refractivity contribution in [2.45, 2.75) is 58.0 Å². The second-order valence-electron chi connectivity index (χ2n) is 6.89. The average molecular weight is 244 g/mol. The maximum absolute atomic E-state index is 10.4. The molecule has 2 aliphatic rings. The lowest BCUT2D eigenvalue weighted by Crippen LogP contribution is -2.20. The minimum Gasteiger partial charge on any atom is -0.393 e. The highest BCUT2D eigenvalue weighted by molar-refractivity contribution is 5.32. The topological polar surface area (TPSA) is 20.2 Å². The molecule has 0 amide bonds. The molecule has 2 aliphatic carbocycles. The Morgan fingerprint density at radius 3 is 2.78 bits per heavy atom. The Bertz CT molecular complexity index is 435. The molecular formula is C17H24O. The van der Waals surface area contributed by atoms with Gasteiger partial charge in [0, 0.05) is 0 Å². The first-order chi connectivity index (χ1) is 8.58. The van der Waals surface area contributed by atoms with Crippen LogP contribution in [0.25, 0.3) is 0 Å². The van der Waals surface area contributed by atoms with Crippen LogP contribution < -0.4 is 0 Å². The Labute approximate surface area is 110 Å². The van der Waals surface area contributed by atoms with E-state index in [1.54, 1.807) is 0 Å². The summed E-state index contributed by atoms with van der Waals surface area (Å²) in [5, 5.41) is 10.4. The zero-order chi connectivity index (χ0) is 12.8. The van der Waals surface area contributed by atoms with E-state index in [2.05, 4.69) is 38.1 Å². The number of rotatable bonds is 3. The van der Waals surface area contributed by atoms with Crippen molar-refractivity contribution >= 4 is 0 Å². The fourth-order valence-corrected chi connectivity index (χ4v) is 3.72. The SMILES string of the molecule is CC1(C)CC1C(O)CC1CCCc2ccccc21. The van der Waals surface area contributed by atoms with Crippen molar-refractivity contribution in [2.75, 3.05) is 0 Å². The molecule has 1 fully saturated rings. The van der Waals surface area contributed by atoms with Gasteiger partial charge in [0.25, 0.3) is 0 Å². The minimum absolute atomic E-state index is 0.101. The Balaban J connectivity index is 1.71. The number of hydrogen-bond acceptors (Lipinski definition) is 1. The summed E-state index contributed by atoms with van der Waals surface area (Å²) >= 11 is 0. The number of benzene rings is 1. The molecule has 1 heteroatoms. The van der Waals surface area contributed by atoms with E-state index in [-0.39, 0.29) is 6.10 Å². The van der Waals surface area contributed by atoms with Gasteiger partial charge < -0.3 is 5.11 Å². The third-order valence-corrected chi connectivity index (χ3v) is 5.07. The summed E-state index contributed by atoms with van der Waals surface area (Å²) in [7, 11) is 0. The first kappa shape index (κ1) is 12.2. The molecule has 1 nitrogen and oxygen atoms in total. The zero-order valence-corrected chi connectivity index (χ0v) is 11.5. The van der Waals surface area contributed by atoms with E-state index in [1.807, 2.05) is 0 Å². The predicted molar refractivity (Wildman–Crippen MR) is 74.6 cm³/mol. The van der Waals surface area contributed by atoms with Crippen LogP contribution >= 0.6 is 0 Å². The van der Waals surface area contributed by atoms with E-state index in [4.69, 9.17) is 0 Å². The molecule has 0 aromatic heterocycles. The van der Waals surface area contributed by atoms with E-state index in [9.17, 15) is 5.11 Å². The van der Waals surface area contributed by atoms with Crippen LogP contribution in [0.3, 0.4) is 0 Å². The van der Waals surface area contributed by atoms with Gasteiger partial charge in [-0.3, -0.25) is 0 Å². The van der Waals surface area contributed by atoms with Crippen LogP contribution in [0, 0.1) is 11.3 Å². The Morgan fingerprint density at radius 2 is 2.06 bits per heavy atom. The van der Waals surface area contributed by atoms with E-state index in [1.165, 1.54) is 36.8 Å². The molecule has 1 aromatic rings. The van der Waals surface area contributed by atoms with Crippen LogP contribution in [0.15, 0.2) is 24.3 Å². The molecule has 0 spiro atoms. The van der Waals surface area contributed by atoms with E-state index < -0.39 is 0 Å². The van der Waals surface area contributed by atoms with Crippen molar-refractivity contribution in [2.24, 2.45) is 11.3 Å². The van der Waals surface area contributed by atoms with Crippen LogP contribution in [-0.4, -0.2) is 11.2 Å². The fourth-order valence-electron chi connectivity index (χ4n) is 3.72. The highest BCUT2D eigenvalue weighted by Crippen LogP contribution is 2.55. The summed E-state index contributed by atoms with van der Waals surface area (Å²) in [5.41, 5.74) is 3.39. The second-order valence-corrected chi connectivity index (χ2v) is 6.89. The molecule has 1 saturated carbocycles. The number of hydrogen-bond donors (Lipinski definition) is 1. The van der Waals surface area contributed by atoms with E-state index in [0.717, 1.165) is 6.42 Å². The Hall–Kier alpha value is -0.820. The monoisotopic (exact) mass is 244 g/mol. The number of aliphatic hydroxyl groups is 1. The second kappa shape index (κ2) is 4.38. The molecule has 3 rings (SSSR count). The minimum atomic E-state index is -0.101. The van der Waals surface area contributed by atoms with Crippen molar-refractivity contribution in [3.8, 4) is 0 Å². The summed E-state index contributed by atoms with van der Waals surface area (Å²) in [6, 6.07) is 8.81. The number of fused-ring (bicyclic) bond motifs is 1. The van der Waals surface area contributed by atoms with Crippen molar-refractivity contribution in [3.63, 3.8) is 0 Å². The molecule has 0 saturated heterocycles. The zero-order valence-electron chi connectivity index (χ0n) is 11.5. The standard InChI is InChI=1S/C17H24O/c1-17(2)11-15(17)16(18)10-13-8-5-7-12-6-3-4-9-14(12)13/h3-4,6,9,13,15-16,18H,5,7-8,10-11H2,1-2H3. The molecule has 3 atom stereocenters. The highest BCUT2D eigenvalue weighted by Gasteiger charge is 2.50. The van der Waals surface area contributed by atoms with Gasteiger partial charge in [-0.2, -0.15) is 0 Å². The van der Waals surface area contributed by atoms with Gasteiger partial charge in [0.05, 0.1) is 6.10 Å². The Morgan fingerprint density at radius 1 is 1.33 bits per heavy atom. The largest absolute Gasteiger partial charge is 0.393 e. The van der Waals surface area contributed by atoms with Gasteiger partial charge in [0.1, 0.15) is 0 Å². The molecule has 1 aromatic carbocycles. The van der Waals surface area contributed by atoms with Crippen LogP contribution in [0.1, 0.15) is 56.6 Å². The van der Waals surface area contributed by atoms with E-state index >= 15 is 0 Å². The maximum Gasteiger partial charge on any atom is 0.0579 e. The molecule has 0 heterocycles. The number of aliphatic hydroxyl groups excluding tert-OH is 1. The lowest BCUT2D eigenvalue weighted by Gasteiger charge is -2.27. The fraction of sp³-hybridized carbons (Fsp3) is 0.647. The highest BCUT2D eigenvalue weighted by atomic mass is 16.3. The van der Waals surface area contributed by atoms with E-state index in [0.29, 0.717) is 17.3 Å². The first-order valence-corrected chi connectivity index (χ1v) is 7.34. The van der Waals surface area contributed by atoms with Gasteiger partial charge in [0.15, 0.2) is 0 Å². The van der Waals surface area contributed by atoms with Crippen molar-refractivity contribution in [1.29, 1.82) is 0 Å². The summed E-state index contributed by atoms with van der Waals surface area (Å²) in [5.74, 6) is 1.12. The van der Waals surface area contributed by atoms with Gasteiger partial charge in [-0.25, -0.2) is 0 Å². The van der Waals surface area contributed by atoms with Crippen LogP contribution in [0.2, 0.25) is 0 Å². The molecule has 0 radical (unpaired) electrons. The third-order valence-electron chi connectivity index (χ3n) is 5.07. The normalized spacial score (nSPS) is 30.6. The average Bonchev–Trinajstić information content (AvgIpc) is 2.99. The van der Waals surface area contributed by atoms with Crippen LogP contribution in [-0.2, 0) is 6.42 Å². The van der Waals surface area contributed by atoms with Gasteiger partial charge in [-0.15, -0.1) is 0 Å².